The van der Waals surface area contributed by atoms with Crippen molar-refractivity contribution in [1.29, 1.82) is 0 Å². The predicted octanol–water partition coefficient (Wildman–Crippen LogP) is 1.11. The maximum atomic E-state index is 12.3. The topological polar surface area (TPSA) is 119 Å². The average Bonchev–Trinajstić information content (AvgIpc) is 3.35. The zero-order chi connectivity index (χ0) is 19.4. The number of carbonyl (C=O) groups excluding carboxylic acids is 3. The van der Waals surface area contributed by atoms with Gasteiger partial charge in [0.25, 0.3) is 5.91 Å². The number of sulfone groups is 1. The highest BCUT2D eigenvalue weighted by Gasteiger charge is 2.30. The summed E-state index contributed by atoms with van der Waals surface area (Å²) in [4.78, 5) is 36.1. The maximum Gasteiger partial charge on any atom is 0.339 e. The molecule has 0 aromatic heterocycles. The van der Waals surface area contributed by atoms with Crippen LogP contribution in [0.3, 0.4) is 0 Å². The van der Waals surface area contributed by atoms with Crippen molar-refractivity contribution in [2.75, 3.05) is 18.1 Å². The van der Waals surface area contributed by atoms with E-state index in [4.69, 9.17) is 4.74 Å². The van der Waals surface area contributed by atoms with Crippen LogP contribution in [0.25, 0.3) is 0 Å². The van der Waals surface area contributed by atoms with E-state index in [1.54, 1.807) is 24.3 Å². The summed E-state index contributed by atoms with van der Waals surface area (Å²) < 4.78 is 28.2. The smallest absolute Gasteiger partial charge is 0.339 e. The van der Waals surface area contributed by atoms with Crippen LogP contribution in [0.5, 0.6) is 0 Å². The van der Waals surface area contributed by atoms with Crippen molar-refractivity contribution in [3.05, 3.63) is 29.8 Å². The minimum absolute atomic E-state index is 0.0829. The molecule has 0 radical (unpaired) electrons. The highest BCUT2D eigenvalue weighted by molar-refractivity contribution is 8.02. The number of amides is 3. The lowest BCUT2D eigenvalue weighted by atomic mass is 10.2. The van der Waals surface area contributed by atoms with Crippen molar-refractivity contribution in [1.82, 2.24) is 10.6 Å². The Labute approximate surface area is 161 Å². The second kappa shape index (κ2) is 8.30. The van der Waals surface area contributed by atoms with Crippen LogP contribution >= 0.6 is 11.8 Å². The van der Waals surface area contributed by atoms with Gasteiger partial charge >= 0.3 is 12.0 Å². The Kier molecular flexibility index (Phi) is 6.05. The summed E-state index contributed by atoms with van der Waals surface area (Å²) >= 11 is 1.32. The van der Waals surface area contributed by atoms with Gasteiger partial charge in [0.15, 0.2) is 16.4 Å². The molecule has 3 amide bonds. The average molecular weight is 412 g/mol. The number of urea groups is 1. The zero-order valence-corrected chi connectivity index (χ0v) is 16.1. The van der Waals surface area contributed by atoms with Gasteiger partial charge in [-0.3, -0.25) is 10.1 Å². The first-order valence-corrected chi connectivity index (χ1v) is 11.3. The molecule has 0 unspecified atom stereocenters. The molecule has 2 N–H and O–H groups in total. The molecule has 10 heteroatoms. The van der Waals surface area contributed by atoms with Gasteiger partial charge in [0.1, 0.15) is 0 Å². The Morgan fingerprint density at radius 1 is 1.15 bits per heavy atom. The molecular formula is C17H20N2O6S2. The molecule has 8 nitrogen and oxygen atoms in total. The minimum Gasteiger partial charge on any atom is -0.452 e. The van der Waals surface area contributed by atoms with E-state index in [0.717, 1.165) is 12.8 Å². The molecule has 2 fully saturated rings. The van der Waals surface area contributed by atoms with E-state index in [2.05, 4.69) is 10.6 Å². The number of imide groups is 1. The van der Waals surface area contributed by atoms with Gasteiger partial charge in [-0.15, -0.1) is 11.8 Å². The first-order chi connectivity index (χ1) is 12.8. The SMILES string of the molecule is O=C(COC(=O)c1ccccc1S[C@H]1CCS(=O)(=O)C1)NC(=O)NC1CC1. The van der Waals surface area contributed by atoms with E-state index in [1.807, 2.05) is 0 Å². The van der Waals surface area contributed by atoms with E-state index in [0.29, 0.717) is 11.3 Å². The molecule has 1 saturated heterocycles. The fourth-order valence-corrected chi connectivity index (χ4v) is 6.21. The Morgan fingerprint density at radius 2 is 1.89 bits per heavy atom. The summed E-state index contributed by atoms with van der Waals surface area (Å²) in [6.07, 6.45) is 2.33. The summed E-state index contributed by atoms with van der Waals surface area (Å²) in [5.74, 6) is -1.18. The van der Waals surface area contributed by atoms with Crippen molar-refractivity contribution >= 4 is 39.5 Å². The van der Waals surface area contributed by atoms with Gasteiger partial charge in [-0.2, -0.15) is 0 Å². The van der Waals surface area contributed by atoms with Crippen LogP contribution in [0.2, 0.25) is 0 Å². The quantitative estimate of drug-likeness (QED) is 0.672. The van der Waals surface area contributed by atoms with Gasteiger partial charge in [-0.05, 0) is 31.4 Å². The number of ether oxygens (including phenoxy) is 1. The van der Waals surface area contributed by atoms with Crippen LogP contribution in [-0.2, 0) is 19.4 Å². The minimum atomic E-state index is -3.01. The third kappa shape index (κ3) is 5.96. The van der Waals surface area contributed by atoms with E-state index in [9.17, 15) is 22.8 Å². The third-order valence-corrected chi connectivity index (χ3v) is 7.42. The summed E-state index contributed by atoms with van der Waals surface area (Å²) in [5, 5.41) is 4.59. The molecule has 3 rings (SSSR count). The maximum absolute atomic E-state index is 12.3. The van der Waals surface area contributed by atoms with Crippen LogP contribution < -0.4 is 10.6 Å². The van der Waals surface area contributed by atoms with Crippen molar-refractivity contribution < 1.29 is 27.5 Å². The summed E-state index contributed by atoms with van der Waals surface area (Å²) in [6, 6.07) is 6.20. The Hall–Kier alpha value is -2.07. The molecule has 1 heterocycles. The van der Waals surface area contributed by atoms with Crippen LogP contribution in [0, 0.1) is 0 Å². The highest BCUT2D eigenvalue weighted by Crippen LogP contribution is 2.33. The van der Waals surface area contributed by atoms with Crippen molar-refractivity contribution in [3.63, 3.8) is 0 Å². The fourth-order valence-electron chi connectivity index (χ4n) is 2.59. The van der Waals surface area contributed by atoms with E-state index in [-0.39, 0.29) is 28.4 Å². The third-order valence-electron chi connectivity index (χ3n) is 4.09. The number of rotatable bonds is 6. The molecule has 1 aromatic rings. The second-order valence-corrected chi connectivity index (χ2v) is 10.1. The molecule has 1 aromatic carbocycles. The molecule has 146 valence electrons. The van der Waals surface area contributed by atoms with Crippen LogP contribution in [-0.4, -0.2) is 55.7 Å². The van der Waals surface area contributed by atoms with Gasteiger partial charge in [-0.1, -0.05) is 12.1 Å². The Morgan fingerprint density at radius 3 is 2.56 bits per heavy atom. The highest BCUT2D eigenvalue weighted by atomic mass is 32.2. The van der Waals surface area contributed by atoms with Gasteiger partial charge in [-0.25, -0.2) is 18.0 Å². The normalized spacial score (nSPS) is 20.7. The second-order valence-electron chi connectivity index (χ2n) is 6.51. The molecule has 1 aliphatic heterocycles. The van der Waals surface area contributed by atoms with Gasteiger partial charge in [0, 0.05) is 16.2 Å². The molecular weight excluding hydrogens is 392 g/mol. The number of nitrogens with one attached hydrogen (secondary N) is 2. The molecule has 1 atom stereocenters. The van der Waals surface area contributed by atoms with Crippen molar-refractivity contribution in [2.24, 2.45) is 0 Å². The lowest BCUT2D eigenvalue weighted by Gasteiger charge is -2.12. The van der Waals surface area contributed by atoms with Crippen LogP contribution in [0.15, 0.2) is 29.2 Å². The van der Waals surface area contributed by atoms with Crippen molar-refractivity contribution in [3.8, 4) is 0 Å². The monoisotopic (exact) mass is 412 g/mol. The Balaban J connectivity index is 1.53. The standard InChI is InChI=1S/C17H20N2O6S2/c20-15(19-17(22)18-11-5-6-11)9-25-16(21)13-3-1-2-4-14(13)26-12-7-8-27(23,24)10-12/h1-4,11-12H,5-10H2,(H2,18,19,20,22)/t12-/m0/s1. The number of esters is 1. The molecule has 27 heavy (non-hydrogen) atoms. The van der Waals surface area contributed by atoms with E-state index in [1.165, 1.54) is 11.8 Å². The van der Waals surface area contributed by atoms with Gasteiger partial charge in [0.2, 0.25) is 0 Å². The van der Waals surface area contributed by atoms with Crippen molar-refractivity contribution in [2.45, 2.75) is 35.4 Å². The molecule has 1 aliphatic carbocycles. The number of carbonyl (C=O) groups is 3. The van der Waals surface area contributed by atoms with E-state index < -0.39 is 34.4 Å². The molecule has 0 bridgehead atoms. The molecule has 0 spiro atoms. The predicted molar refractivity (Wildman–Crippen MR) is 99.3 cm³/mol. The first kappa shape index (κ1) is 19.7. The van der Waals surface area contributed by atoms with Crippen LogP contribution in [0.1, 0.15) is 29.6 Å². The molecule has 2 aliphatic rings. The van der Waals surface area contributed by atoms with Gasteiger partial charge in [0.05, 0.1) is 17.1 Å². The largest absolute Gasteiger partial charge is 0.452 e. The lowest BCUT2D eigenvalue weighted by Crippen LogP contribution is -2.42. The van der Waals surface area contributed by atoms with Crippen LogP contribution in [0.4, 0.5) is 4.79 Å². The number of hydrogen-bond donors (Lipinski definition) is 2. The number of thioether (sulfide) groups is 1. The van der Waals surface area contributed by atoms with Gasteiger partial charge < -0.3 is 10.1 Å². The lowest BCUT2D eigenvalue weighted by molar-refractivity contribution is -0.123. The van der Waals surface area contributed by atoms with E-state index >= 15 is 0 Å². The zero-order valence-electron chi connectivity index (χ0n) is 14.5. The fraction of sp³-hybridized carbons (Fsp3) is 0.471. The summed E-state index contributed by atoms with van der Waals surface area (Å²) in [6.45, 7) is -0.576. The number of hydrogen-bond acceptors (Lipinski definition) is 7. The number of benzene rings is 1. The Bertz CT molecular complexity index is 851. The first-order valence-electron chi connectivity index (χ1n) is 8.56. The summed E-state index contributed by atoms with van der Waals surface area (Å²) in [7, 11) is -3.01. The summed E-state index contributed by atoms with van der Waals surface area (Å²) in [5.41, 5.74) is 0.266. The molecule has 1 saturated carbocycles.